The summed E-state index contributed by atoms with van der Waals surface area (Å²) >= 11 is 0. The van der Waals surface area contributed by atoms with E-state index >= 15 is 0 Å². The lowest BCUT2D eigenvalue weighted by Gasteiger charge is -2.22. The molecule has 1 unspecified atom stereocenters. The molecule has 0 spiro atoms. The second kappa shape index (κ2) is 6.88. The molecule has 5 heteroatoms. The summed E-state index contributed by atoms with van der Waals surface area (Å²) in [5, 5.41) is 22.8. The Labute approximate surface area is 141 Å². The second-order valence-electron chi connectivity index (χ2n) is 6.26. The molecule has 24 heavy (non-hydrogen) atoms. The van der Waals surface area contributed by atoms with Gasteiger partial charge >= 0.3 is 5.97 Å². The van der Waals surface area contributed by atoms with E-state index < -0.39 is 5.97 Å². The number of rotatable bonds is 5. The minimum absolute atomic E-state index is 0.0628. The second-order valence-corrected chi connectivity index (χ2v) is 6.26. The zero-order valence-electron chi connectivity index (χ0n) is 13.8. The number of aromatic nitrogens is 2. The van der Waals surface area contributed by atoms with Gasteiger partial charge in [-0.25, -0.2) is 4.68 Å². The summed E-state index contributed by atoms with van der Waals surface area (Å²) in [4.78, 5) is 11.2. The van der Waals surface area contributed by atoms with Crippen molar-refractivity contribution < 1.29 is 9.90 Å². The summed E-state index contributed by atoms with van der Waals surface area (Å²) in [6, 6.07) is 10.0. The van der Waals surface area contributed by atoms with Crippen molar-refractivity contribution in [1.29, 1.82) is 5.26 Å². The van der Waals surface area contributed by atoms with Gasteiger partial charge in [-0.05, 0) is 49.3 Å². The van der Waals surface area contributed by atoms with Gasteiger partial charge in [0.2, 0.25) is 0 Å². The van der Waals surface area contributed by atoms with Crippen LogP contribution in [-0.2, 0) is 24.1 Å². The van der Waals surface area contributed by atoms with Gasteiger partial charge in [0.05, 0.1) is 30.3 Å². The summed E-state index contributed by atoms with van der Waals surface area (Å²) in [5.74, 6) is -0.684. The lowest BCUT2D eigenvalue weighted by atomic mass is 9.82. The van der Waals surface area contributed by atoms with Gasteiger partial charge in [0.15, 0.2) is 0 Å². The fraction of sp³-hybridized carbons (Fsp3) is 0.421. The highest BCUT2D eigenvalue weighted by molar-refractivity contribution is 5.68. The van der Waals surface area contributed by atoms with E-state index in [9.17, 15) is 9.90 Å². The van der Waals surface area contributed by atoms with E-state index in [4.69, 9.17) is 10.4 Å². The topological polar surface area (TPSA) is 78.9 Å². The van der Waals surface area contributed by atoms with E-state index in [0.29, 0.717) is 6.42 Å². The molecule has 2 aromatic rings. The summed E-state index contributed by atoms with van der Waals surface area (Å²) in [6.45, 7) is 2.06. The number of nitriles is 1. The lowest BCUT2D eigenvalue weighted by molar-refractivity contribution is -0.137. The van der Waals surface area contributed by atoms with Crippen LogP contribution in [0.25, 0.3) is 5.69 Å². The molecule has 1 aromatic carbocycles. The molecule has 0 radical (unpaired) electrons. The predicted octanol–water partition coefficient (Wildman–Crippen LogP) is 3.40. The van der Waals surface area contributed by atoms with Crippen molar-refractivity contribution in [3.8, 4) is 11.8 Å². The minimum Gasteiger partial charge on any atom is -0.481 e. The quantitative estimate of drug-likeness (QED) is 0.914. The molecule has 3 rings (SSSR count). The molecule has 1 atom stereocenters. The van der Waals surface area contributed by atoms with Crippen LogP contribution in [0.15, 0.2) is 24.3 Å². The van der Waals surface area contributed by atoms with Crippen LogP contribution in [0.1, 0.15) is 54.6 Å². The van der Waals surface area contributed by atoms with Crippen molar-refractivity contribution in [1.82, 2.24) is 9.78 Å². The fourth-order valence-electron chi connectivity index (χ4n) is 3.62. The van der Waals surface area contributed by atoms with Gasteiger partial charge in [-0.15, -0.1) is 0 Å². The molecule has 1 N–H and O–H groups in total. The maximum atomic E-state index is 11.2. The highest BCUT2D eigenvalue weighted by atomic mass is 16.4. The number of hydrogen-bond donors (Lipinski definition) is 1. The first-order chi connectivity index (χ1) is 11.6. The number of aryl methyl sites for hydroxylation is 1. The zero-order valence-corrected chi connectivity index (χ0v) is 13.8. The summed E-state index contributed by atoms with van der Waals surface area (Å²) < 4.78 is 1.97. The van der Waals surface area contributed by atoms with Crippen molar-refractivity contribution in [3.05, 3.63) is 46.8 Å². The van der Waals surface area contributed by atoms with E-state index in [1.54, 1.807) is 0 Å². The van der Waals surface area contributed by atoms with Crippen molar-refractivity contribution in [2.24, 2.45) is 0 Å². The van der Waals surface area contributed by atoms with Gasteiger partial charge in [0.1, 0.15) is 0 Å². The number of hydrogen-bond acceptors (Lipinski definition) is 3. The first kappa shape index (κ1) is 16.3. The SMILES string of the molecule is CCc1nn(-c2ccc(CC#N)cc2)c2c1C(CC(=O)O)CCC2. The van der Waals surface area contributed by atoms with Crippen LogP contribution in [0.3, 0.4) is 0 Å². The molecule has 0 aliphatic heterocycles. The molecule has 0 amide bonds. The van der Waals surface area contributed by atoms with E-state index in [2.05, 4.69) is 13.0 Å². The van der Waals surface area contributed by atoms with Crippen LogP contribution >= 0.6 is 0 Å². The normalized spacial score (nSPS) is 16.4. The molecule has 1 aliphatic carbocycles. The third-order valence-electron chi connectivity index (χ3n) is 4.69. The van der Waals surface area contributed by atoms with Crippen LogP contribution in [0.5, 0.6) is 0 Å². The van der Waals surface area contributed by atoms with E-state index in [1.165, 1.54) is 0 Å². The molecule has 0 saturated heterocycles. The fourth-order valence-corrected chi connectivity index (χ4v) is 3.62. The molecule has 124 valence electrons. The third kappa shape index (κ3) is 3.05. The van der Waals surface area contributed by atoms with Crippen LogP contribution in [0.4, 0.5) is 0 Å². The number of aliphatic carboxylic acids is 1. The molecule has 1 aromatic heterocycles. The molecule has 1 aliphatic rings. The molecule has 0 saturated carbocycles. The number of carboxylic acid groups (broad SMARTS) is 1. The maximum absolute atomic E-state index is 11.2. The number of benzene rings is 1. The Morgan fingerprint density at radius 1 is 1.42 bits per heavy atom. The van der Waals surface area contributed by atoms with Gasteiger partial charge in [-0.3, -0.25) is 4.79 Å². The first-order valence-corrected chi connectivity index (χ1v) is 8.42. The van der Waals surface area contributed by atoms with Crippen LogP contribution in [-0.4, -0.2) is 20.9 Å². The number of nitrogens with zero attached hydrogens (tertiary/aromatic N) is 3. The van der Waals surface area contributed by atoms with Crippen molar-refractivity contribution >= 4 is 5.97 Å². The summed E-state index contributed by atoms with van der Waals surface area (Å²) in [7, 11) is 0. The average molecular weight is 323 g/mol. The Hall–Kier alpha value is -2.61. The Morgan fingerprint density at radius 2 is 2.17 bits per heavy atom. The summed E-state index contributed by atoms with van der Waals surface area (Å²) in [5.41, 5.74) is 5.27. The number of fused-ring (bicyclic) bond motifs is 1. The van der Waals surface area contributed by atoms with Gasteiger partial charge in [0, 0.05) is 11.3 Å². The van der Waals surface area contributed by atoms with E-state index in [-0.39, 0.29) is 12.3 Å². The smallest absolute Gasteiger partial charge is 0.303 e. The van der Waals surface area contributed by atoms with Crippen LogP contribution in [0, 0.1) is 11.3 Å². The highest BCUT2D eigenvalue weighted by Crippen LogP contribution is 2.37. The monoisotopic (exact) mass is 323 g/mol. The predicted molar refractivity (Wildman–Crippen MR) is 90.2 cm³/mol. The highest BCUT2D eigenvalue weighted by Gasteiger charge is 2.29. The molecular weight excluding hydrogens is 302 g/mol. The van der Waals surface area contributed by atoms with Crippen LogP contribution in [0.2, 0.25) is 0 Å². The average Bonchev–Trinajstić information content (AvgIpc) is 2.95. The van der Waals surface area contributed by atoms with Crippen molar-refractivity contribution in [2.75, 3.05) is 0 Å². The number of carbonyl (C=O) groups is 1. The molecular formula is C19H21N3O2. The van der Waals surface area contributed by atoms with E-state index in [0.717, 1.165) is 53.9 Å². The van der Waals surface area contributed by atoms with Crippen molar-refractivity contribution in [3.63, 3.8) is 0 Å². The van der Waals surface area contributed by atoms with Gasteiger partial charge in [-0.1, -0.05) is 19.1 Å². The molecule has 5 nitrogen and oxygen atoms in total. The lowest BCUT2D eigenvalue weighted by Crippen LogP contribution is -2.15. The third-order valence-corrected chi connectivity index (χ3v) is 4.69. The van der Waals surface area contributed by atoms with E-state index in [1.807, 2.05) is 28.9 Å². The Bertz CT molecular complexity index is 784. The van der Waals surface area contributed by atoms with Gasteiger partial charge in [-0.2, -0.15) is 10.4 Å². The standard InChI is InChI=1S/C19H21N3O2/c1-2-16-19-14(12-18(23)24)4-3-5-17(19)22(21-16)15-8-6-13(7-9-15)10-11-20/h6-9,14H,2-5,10,12H2,1H3,(H,23,24). The largest absolute Gasteiger partial charge is 0.481 e. The maximum Gasteiger partial charge on any atom is 0.303 e. The molecule has 1 heterocycles. The summed E-state index contributed by atoms with van der Waals surface area (Å²) in [6.07, 6.45) is 4.22. The minimum atomic E-state index is -0.747. The Kier molecular flexibility index (Phi) is 4.66. The Morgan fingerprint density at radius 3 is 2.79 bits per heavy atom. The number of carboxylic acids is 1. The van der Waals surface area contributed by atoms with Crippen molar-refractivity contribution in [2.45, 2.75) is 51.4 Å². The zero-order chi connectivity index (χ0) is 17.1. The van der Waals surface area contributed by atoms with Gasteiger partial charge in [0.25, 0.3) is 0 Å². The molecule has 0 bridgehead atoms. The van der Waals surface area contributed by atoms with Gasteiger partial charge < -0.3 is 5.11 Å². The molecule has 0 fully saturated rings. The Balaban J connectivity index is 2.02. The van der Waals surface area contributed by atoms with Crippen LogP contribution < -0.4 is 0 Å². The first-order valence-electron chi connectivity index (χ1n) is 8.42.